The van der Waals surface area contributed by atoms with Crippen LogP contribution in [0.15, 0.2) is 10.9 Å². The van der Waals surface area contributed by atoms with E-state index in [1.54, 1.807) is 13.1 Å². The standard InChI is InChI=1S/C18H26N4O2/c1-21-16(23)9-14-10-22(6-5-15(14)20-21)18(24)13-7-11-3-2-4-12(8-13)17(11)19/h9,11-13,17H,2-8,10,19H2,1H3. The highest BCUT2D eigenvalue weighted by Gasteiger charge is 2.42. The van der Waals surface area contributed by atoms with Crippen LogP contribution >= 0.6 is 0 Å². The largest absolute Gasteiger partial charge is 0.338 e. The Labute approximate surface area is 142 Å². The summed E-state index contributed by atoms with van der Waals surface area (Å²) < 4.78 is 1.38. The van der Waals surface area contributed by atoms with Crippen LogP contribution in [-0.4, -0.2) is 33.2 Å². The lowest BCUT2D eigenvalue weighted by Gasteiger charge is -2.44. The molecule has 2 fully saturated rings. The lowest BCUT2D eigenvalue weighted by Crippen LogP contribution is -2.50. The second-order valence-corrected chi connectivity index (χ2v) is 7.78. The Hall–Kier alpha value is -1.69. The smallest absolute Gasteiger partial charge is 0.266 e. The number of nitrogens with zero attached hydrogens (tertiary/aromatic N) is 3. The predicted molar refractivity (Wildman–Crippen MR) is 90.1 cm³/mol. The fraction of sp³-hybridized carbons (Fsp3) is 0.722. The van der Waals surface area contributed by atoms with E-state index in [1.165, 1.54) is 23.9 Å². The molecule has 2 aliphatic carbocycles. The normalized spacial score (nSPS) is 32.3. The Balaban J connectivity index is 1.49. The van der Waals surface area contributed by atoms with Crippen molar-refractivity contribution in [1.29, 1.82) is 0 Å². The van der Waals surface area contributed by atoms with Crippen LogP contribution in [0.3, 0.4) is 0 Å². The van der Waals surface area contributed by atoms with Crippen molar-refractivity contribution in [3.05, 3.63) is 27.7 Å². The molecule has 0 aromatic carbocycles. The maximum atomic E-state index is 13.0. The third-order valence-corrected chi connectivity index (χ3v) is 6.31. The summed E-state index contributed by atoms with van der Waals surface area (Å²) in [5, 5.41) is 4.33. The van der Waals surface area contributed by atoms with Crippen LogP contribution in [0.5, 0.6) is 0 Å². The summed E-state index contributed by atoms with van der Waals surface area (Å²) in [7, 11) is 1.67. The first-order chi connectivity index (χ1) is 11.5. The van der Waals surface area contributed by atoms with Crippen LogP contribution < -0.4 is 11.3 Å². The second kappa shape index (κ2) is 5.99. The Bertz CT molecular complexity index is 699. The van der Waals surface area contributed by atoms with E-state index >= 15 is 0 Å². The van der Waals surface area contributed by atoms with Crippen molar-refractivity contribution in [2.75, 3.05) is 6.54 Å². The average Bonchev–Trinajstić information content (AvgIpc) is 2.54. The molecule has 0 radical (unpaired) electrons. The number of carbonyl (C=O) groups is 1. The van der Waals surface area contributed by atoms with Crippen LogP contribution in [0.2, 0.25) is 0 Å². The van der Waals surface area contributed by atoms with Crippen LogP contribution in [0.25, 0.3) is 0 Å². The van der Waals surface area contributed by atoms with Crippen molar-refractivity contribution < 1.29 is 4.79 Å². The Morgan fingerprint density at radius 1 is 1.29 bits per heavy atom. The van der Waals surface area contributed by atoms with E-state index in [2.05, 4.69) is 5.10 Å². The molecule has 2 heterocycles. The molecule has 2 saturated carbocycles. The van der Waals surface area contributed by atoms with Gasteiger partial charge < -0.3 is 10.6 Å². The highest BCUT2D eigenvalue weighted by atomic mass is 16.2. The lowest BCUT2D eigenvalue weighted by molar-refractivity contribution is -0.139. The summed E-state index contributed by atoms with van der Waals surface area (Å²) in [5.74, 6) is 1.39. The van der Waals surface area contributed by atoms with Gasteiger partial charge in [0.25, 0.3) is 5.56 Å². The third kappa shape index (κ3) is 2.66. The van der Waals surface area contributed by atoms with Crippen molar-refractivity contribution in [2.45, 2.75) is 51.1 Å². The van der Waals surface area contributed by atoms with Gasteiger partial charge in [-0.15, -0.1) is 0 Å². The fourth-order valence-electron chi connectivity index (χ4n) is 4.93. The molecule has 1 aliphatic heterocycles. The van der Waals surface area contributed by atoms with Gasteiger partial charge in [0.1, 0.15) is 0 Å². The van der Waals surface area contributed by atoms with E-state index in [9.17, 15) is 9.59 Å². The zero-order valence-corrected chi connectivity index (χ0v) is 14.3. The minimum Gasteiger partial charge on any atom is -0.338 e. The molecule has 1 aromatic rings. The lowest BCUT2D eigenvalue weighted by atomic mass is 9.65. The van der Waals surface area contributed by atoms with Crippen molar-refractivity contribution in [2.24, 2.45) is 30.5 Å². The summed E-state index contributed by atoms with van der Waals surface area (Å²) >= 11 is 0. The number of aryl methyl sites for hydroxylation is 1. The molecule has 130 valence electrons. The zero-order valence-electron chi connectivity index (χ0n) is 14.3. The molecular weight excluding hydrogens is 304 g/mol. The Morgan fingerprint density at radius 3 is 2.71 bits per heavy atom. The van der Waals surface area contributed by atoms with Crippen molar-refractivity contribution >= 4 is 5.91 Å². The first-order valence-corrected chi connectivity index (χ1v) is 9.13. The maximum absolute atomic E-state index is 13.0. The first kappa shape index (κ1) is 15.8. The van der Waals surface area contributed by atoms with Gasteiger partial charge >= 0.3 is 0 Å². The van der Waals surface area contributed by atoms with Gasteiger partial charge in [-0.2, -0.15) is 5.10 Å². The van der Waals surface area contributed by atoms with Crippen LogP contribution in [0.1, 0.15) is 43.4 Å². The molecule has 0 spiro atoms. The highest BCUT2D eigenvalue weighted by Crippen LogP contribution is 2.42. The quantitative estimate of drug-likeness (QED) is 0.826. The van der Waals surface area contributed by atoms with E-state index in [0.29, 0.717) is 24.9 Å². The van der Waals surface area contributed by atoms with E-state index < -0.39 is 0 Å². The monoisotopic (exact) mass is 330 g/mol. The maximum Gasteiger partial charge on any atom is 0.266 e. The minimum atomic E-state index is -0.110. The number of carbonyl (C=O) groups excluding carboxylic acids is 1. The molecule has 1 amide bonds. The van der Waals surface area contributed by atoms with Gasteiger partial charge in [-0.25, -0.2) is 4.68 Å². The van der Waals surface area contributed by atoms with Crippen molar-refractivity contribution in [3.8, 4) is 0 Å². The van der Waals surface area contributed by atoms with Gasteiger partial charge in [0.15, 0.2) is 0 Å². The predicted octanol–water partition coefficient (Wildman–Crippen LogP) is 0.819. The number of rotatable bonds is 1. The molecule has 4 rings (SSSR count). The van der Waals surface area contributed by atoms with Crippen LogP contribution in [-0.2, 0) is 24.8 Å². The van der Waals surface area contributed by atoms with Gasteiger partial charge in [0.05, 0.1) is 5.69 Å². The van der Waals surface area contributed by atoms with Gasteiger partial charge in [-0.05, 0) is 37.5 Å². The SMILES string of the molecule is Cn1nc2c(cc1=O)CN(C(=O)C1CC3CCCC(C1)C3N)CC2. The molecule has 2 atom stereocenters. The van der Waals surface area contributed by atoms with E-state index in [4.69, 9.17) is 5.73 Å². The minimum absolute atomic E-state index is 0.110. The van der Waals surface area contributed by atoms with Gasteiger partial charge in [0, 0.05) is 50.1 Å². The number of hydrogen-bond acceptors (Lipinski definition) is 4. The number of amides is 1. The molecule has 2 bridgehead atoms. The van der Waals surface area contributed by atoms with Gasteiger partial charge in [-0.3, -0.25) is 9.59 Å². The van der Waals surface area contributed by atoms with E-state index in [1.807, 2.05) is 4.90 Å². The number of hydrogen-bond donors (Lipinski definition) is 1. The Kier molecular flexibility index (Phi) is 3.95. The topological polar surface area (TPSA) is 81.2 Å². The third-order valence-electron chi connectivity index (χ3n) is 6.31. The molecule has 24 heavy (non-hydrogen) atoms. The molecule has 6 nitrogen and oxygen atoms in total. The summed E-state index contributed by atoms with van der Waals surface area (Å²) in [6, 6.07) is 1.92. The molecular formula is C18H26N4O2. The van der Waals surface area contributed by atoms with Crippen LogP contribution in [0.4, 0.5) is 0 Å². The number of nitrogens with two attached hydrogens (primary N) is 1. The van der Waals surface area contributed by atoms with Gasteiger partial charge in [0.2, 0.25) is 5.91 Å². The fourth-order valence-corrected chi connectivity index (χ4v) is 4.93. The second-order valence-electron chi connectivity index (χ2n) is 7.78. The van der Waals surface area contributed by atoms with E-state index in [0.717, 1.165) is 30.5 Å². The van der Waals surface area contributed by atoms with E-state index in [-0.39, 0.29) is 23.4 Å². The number of aromatic nitrogens is 2. The van der Waals surface area contributed by atoms with Crippen molar-refractivity contribution in [1.82, 2.24) is 14.7 Å². The molecule has 2 N–H and O–H groups in total. The first-order valence-electron chi connectivity index (χ1n) is 9.13. The molecule has 1 aromatic heterocycles. The Morgan fingerprint density at radius 2 is 2.00 bits per heavy atom. The average molecular weight is 330 g/mol. The molecule has 2 unspecified atom stereocenters. The summed E-state index contributed by atoms with van der Waals surface area (Å²) in [5.41, 5.74) is 8.09. The van der Waals surface area contributed by atoms with Crippen LogP contribution in [0, 0.1) is 17.8 Å². The number of fused-ring (bicyclic) bond motifs is 3. The molecule has 3 aliphatic rings. The van der Waals surface area contributed by atoms with Crippen molar-refractivity contribution in [3.63, 3.8) is 0 Å². The van der Waals surface area contributed by atoms with Gasteiger partial charge in [-0.1, -0.05) is 6.42 Å². The highest BCUT2D eigenvalue weighted by molar-refractivity contribution is 5.79. The molecule has 6 heteroatoms. The summed E-state index contributed by atoms with van der Waals surface area (Å²) in [6.45, 7) is 1.23. The molecule has 0 saturated heterocycles. The summed E-state index contributed by atoms with van der Waals surface area (Å²) in [6.07, 6.45) is 6.21. The zero-order chi connectivity index (χ0) is 16.8. The summed E-state index contributed by atoms with van der Waals surface area (Å²) in [4.78, 5) is 26.8.